The van der Waals surface area contributed by atoms with Crippen LogP contribution in [0, 0.1) is 6.92 Å². The Balaban J connectivity index is 1.86. The molecule has 0 aliphatic heterocycles. The topological polar surface area (TPSA) is 53.9 Å². The Morgan fingerprint density at radius 2 is 1.73 bits per heavy atom. The van der Waals surface area contributed by atoms with E-state index >= 15 is 0 Å². The second-order valence-electron chi connectivity index (χ2n) is 6.07. The largest absolute Gasteiger partial charge is 0.481 e. The molecule has 0 radical (unpaired) electrons. The van der Waals surface area contributed by atoms with Crippen LogP contribution in [0.4, 0.5) is 5.69 Å². The number of benzene rings is 2. The minimum atomic E-state index is -0.625. The number of hydrogen-bond donors (Lipinski definition) is 1. The maximum Gasteiger partial charge on any atom is 0.280 e. The van der Waals surface area contributed by atoms with Crippen LogP contribution in [0.1, 0.15) is 31.9 Å². The van der Waals surface area contributed by atoms with Gasteiger partial charge in [0.2, 0.25) is 0 Å². The molecule has 2 rings (SSSR count). The highest BCUT2D eigenvalue weighted by molar-refractivity contribution is 5.84. The third-order valence-electron chi connectivity index (χ3n) is 4.11. The summed E-state index contributed by atoms with van der Waals surface area (Å²) < 4.78 is 5.61. The van der Waals surface area contributed by atoms with E-state index in [0.717, 1.165) is 24.2 Å². The summed E-state index contributed by atoms with van der Waals surface area (Å²) in [5.74, 6) is 0.371. The highest BCUT2D eigenvalue weighted by Crippen LogP contribution is 2.14. The van der Waals surface area contributed by atoms with Crippen LogP contribution in [0.2, 0.25) is 0 Å². The second-order valence-corrected chi connectivity index (χ2v) is 6.07. The van der Waals surface area contributed by atoms with Gasteiger partial charge < -0.3 is 9.64 Å². The molecule has 1 N–H and O–H groups in total. The van der Waals surface area contributed by atoms with E-state index in [9.17, 15) is 4.79 Å². The normalized spacial score (nSPS) is 12.0. The molecule has 0 spiro atoms. The molecule has 138 valence electrons. The lowest BCUT2D eigenvalue weighted by Crippen LogP contribution is -2.33. The Bertz CT molecular complexity index is 720. The van der Waals surface area contributed by atoms with Gasteiger partial charge in [0.25, 0.3) is 5.91 Å². The van der Waals surface area contributed by atoms with Crippen molar-refractivity contribution in [3.8, 4) is 5.75 Å². The maximum absolute atomic E-state index is 12.1. The minimum absolute atomic E-state index is 0.290. The molecular formula is C21H27N3O2. The number of carbonyl (C=O) groups is 1. The summed E-state index contributed by atoms with van der Waals surface area (Å²) in [6.07, 6.45) is 1.00. The highest BCUT2D eigenvalue weighted by atomic mass is 16.5. The Hall–Kier alpha value is -2.82. The average molecular weight is 353 g/mol. The molecule has 26 heavy (non-hydrogen) atoms. The lowest BCUT2D eigenvalue weighted by Gasteiger charge is -2.20. The molecule has 0 unspecified atom stereocenters. The van der Waals surface area contributed by atoms with Gasteiger partial charge in [-0.1, -0.05) is 29.8 Å². The van der Waals surface area contributed by atoms with Crippen LogP contribution >= 0.6 is 0 Å². The Kier molecular flexibility index (Phi) is 7.21. The van der Waals surface area contributed by atoms with Crippen molar-refractivity contribution in [3.63, 3.8) is 0 Å². The summed E-state index contributed by atoms with van der Waals surface area (Å²) in [6, 6.07) is 15.7. The molecule has 2 aromatic carbocycles. The van der Waals surface area contributed by atoms with E-state index in [-0.39, 0.29) is 5.91 Å². The molecule has 5 heteroatoms. The van der Waals surface area contributed by atoms with Crippen LogP contribution in [-0.2, 0) is 4.79 Å². The van der Waals surface area contributed by atoms with Crippen molar-refractivity contribution in [3.05, 3.63) is 59.7 Å². The molecule has 0 aromatic heterocycles. The van der Waals surface area contributed by atoms with Gasteiger partial charge in [0.05, 0.1) is 6.21 Å². The predicted octanol–water partition coefficient (Wildman–Crippen LogP) is 3.76. The quantitative estimate of drug-likeness (QED) is 0.581. The van der Waals surface area contributed by atoms with Gasteiger partial charge in [-0.25, -0.2) is 5.43 Å². The van der Waals surface area contributed by atoms with Crippen molar-refractivity contribution in [2.75, 3.05) is 18.0 Å². The second kappa shape index (κ2) is 9.61. The van der Waals surface area contributed by atoms with E-state index in [1.54, 1.807) is 13.1 Å². The molecule has 1 atom stereocenters. The fourth-order valence-corrected chi connectivity index (χ4v) is 2.50. The number of rotatable bonds is 8. The summed E-state index contributed by atoms with van der Waals surface area (Å²) in [7, 11) is 0. The fourth-order valence-electron chi connectivity index (χ4n) is 2.50. The van der Waals surface area contributed by atoms with E-state index < -0.39 is 6.10 Å². The van der Waals surface area contributed by atoms with E-state index in [1.165, 1.54) is 5.69 Å². The predicted molar refractivity (Wildman–Crippen MR) is 107 cm³/mol. The summed E-state index contributed by atoms with van der Waals surface area (Å²) in [6.45, 7) is 9.91. The fraction of sp³-hybridized carbons (Fsp3) is 0.333. The molecule has 0 bridgehead atoms. The molecule has 1 amide bonds. The van der Waals surface area contributed by atoms with Crippen LogP contribution in [-0.4, -0.2) is 31.3 Å². The van der Waals surface area contributed by atoms with Crippen molar-refractivity contribution < 1.29 is 9.53 Å². The zero-order valence-electron chi connectivity index (χ0n) is 15.9. The van der Waals surface area contributed by atoms with Crippen LogP contribution < -0.4 is 15.1 Å². The van der Waals surface area contributed by atoms with E-state index in [1.807, 2.05) is 43.3 Å². The SMILES string of the molecule is CCN(CC)c1ccc(/C=N/NC(=O)[C@@H](C)Oc2ccc(C)cc2)cc1. The lowest BCUT2D eigenvalue weighted by atomic mass is 10.2. The number of amides is 1. The summed E-state index contributed by atoms with van der Waals surface area (Å²) in [5.41, 5.74) is 5.76. The van der Waals surface area contributed by atoms with Gasteiger partial charge in [0, 0.05) is 18.8 Å². The van der Waals surface area contributed by atoms with Crippen LogP contribution in [0.5, 0.6) is 5.75 Å². The zero-order valence-corrected chi connectivity index (χ0v) is 15.9. The lowest BCUT2D eigenvalue weighted by molar-refractivity contribution is -0.127. The van der Waals surface area contributed by atoms with E-state index in [4.69, 9.17) is 4.74 Å². The number of hydrogen-bond acceptors (Lipinski definition) is 4. The number of nitrogens with one attached hydrogen (secondary N) is 1. The molecule has 0 aliphatic carbocycles. The molecule has 2 aromatic rings. The van der Waals surface area contributed by atoms with Gasteiger partial charge in [0.1, 0.15) is 5.75 Å². The summed E-state index contributed by atoms with van der Waals surface area (Å²) in [4.78, 5) is 14.3. The van der Waals surface area contributed by atoms with Crippen molar-refractivity contribution in [1.29, 1.82) is 0 Å². The first-order valence-electron chi connectivity index (χ1n) is 8.94. The number of anilines is 1. The molecule has 0 saturated carbocycles. The molecule has 0 aliphatic rings. The Morgan fingerprint density at radius 3 is 2.31 bits per heavy atom. The third-order valence-corrected chi connectivity index (χ3v) is 4.11. The molecule has 5 nitrogen and oxygen atoms in total. The van der Waals surface area contributed by atoms with Crippen molar-refractivity contribution >= 4 is 17.8 Å². The van der Waals surface area contributed by atoms with Crippen LogP contribution in [0.25, 0.3) is 0 Å². The number of hydrazone groups is 1. The minimum Gasteiger partial charge on any atom is -0.481 e. The Labute approximate surface area is 155 Å². The van der Waals surface area contributed by atoms with Crippen LogP contribution in [0.3, 0.4) is 0 Å². The van der Waals surface area contributed by atoms with E-state index in [2.05, 4.69) is 41.4 Å². The first kappa shape index (κ1) is 19.5. The third kappa shape index (κ3) is 5.62. The first-order valence-corrected chi connectivity index (χ1v) is 8.94. The zero-order chi connectivity index (χ0) is 18.9. The standard InChI is InChI=1S/C21H27N3O2/c1-5-24(6-2)19-11-9-18(10-12-19)15-22-23-21(25)17(4)26-20-13-7-16(3)8-14-20/h7-15,17H,5-6H2,1-4H3,(H,23,25)/b22-15+/t17-/m1/s1. The molecule has 0 saturated heterocycles. The van der Waals surface area contributed by atoms with E-state index in [0.29, 0.717) is 5.75 Å². The van der Waals surface area contributed by atoms with Crippen LogP contribution in [0.15, 0.2) is 53.6 Å². The van der Waals surface area contributed by atoms with Gasteiger partial charge in [-0.3, -0.25) is 4.79 Å². The number of carbonyl (C=O) groups excluding carboxylic acids is 1. The molecule has 0 heterocycles. The first-order chi connectivity index (χ1) is 12.5. The molecule has 0 fully saturated rings. The highest BCUT2D eigenvalue weighted by Gasteiger charge is 2.13. The van der Waals surface area contributed by atoms with Gasteiger partial charge in [-0.05, 0) is 57.5 Å². The van der Waals surface area contributed by atoms with Crippen molar-refractivity contribution in [1.82, 2.24) is 5.43 Å². The Morgan fingerprint density at radius 1 is 1.12 bits per heavy atom. The molecular weight excluding hydrogens is 326 g/mol. The van der Waals surface area contributed by atoms with Crippen molar-refractivity contribution in [2.24, 2.45) is 5.10 Å². The summed E-state index contributed by atoms with van der Waals surface area (Å²) in [5, 5.41) is 4.02. The van der Waals surface area contributed by atoms with Gasteiger partial charge in [-0.15, -0.1) is 0 Å². The van der Waals surface area contributed by atoms with Crippen molar-refractivity contribution in [2.45, 2.75) is 33.8 Å². The summed E-state index contributed by atoms with van der Waals surface area (Å²) >= 11 is 0. The van der Waals surface area contributed by atoms with Gasteiger partial charge in [0.15, 0.2) is 6.10 Å². The monoisotopic (exact) mass is 353 g/mol. The number of ether oxygens (including phenoxy) is 1. The number of aryl methyl sites for hydroxylation is 1. The van der Waals surface area contributed by atoms with Gasteiger partial charge in [-0.2, -0.15) is 5.10 Å². The number of nitrogens with zero attached hydrogens (tertiary/aromatic N) is 2. The maximum atomic E-state index is 12.1. The average Bonchev–Trinajstić information content (AvgIpc) is 2.65. The smallest absolute Gasteiger partial charge is 0.280 e. The van der Waals surface area contributed by atoms with Gasteiger partial charge >= 0.3 is 0 Å².